The quantitative estimate of drug-likeness (QED) is 0.110. The van der Waals surface area contributed by atoms with Crippen LogP contribution in [0.2, 0.25) is 0 Å². The highest BCUT2D eigenvalue weighted by Gasteiger charge is 2.27. The van der Waals surface area contributed by atoms with Gasteiger partial charge in [-0.25, -0.2) is 13.2 Å². The molecule has 0 aliphatic carbocycles. The van der Waals surface area contributed by atoms with E-state index < -0.39 is 29.2 Å². The summed E-state index contributed by atoms with van der Waals surface area (Å²) in [6.07, 6.45) is 10.4. The van der Waals surface area contributed by atoms with E-state index in [0.717, 1.165) is 19.3 Å². The van der Waals surface area contributed by atoms with Crippen molar-refractivity contribution in [3.8, 4) is 28.0 Å². The number of halogens is 4. The lowest BCUT2D eigenvalue weighted by atomic mass is 9.94. The average Bonchev–Trinajstić information content (AvgIpc) is 2.99. The summed E-state index contributed by atoms with van der Waals surface area (Å²) in [4.78, 5) is 0. The third-order valence-electron chi connectivity index (χ3n) is 7.47. The monoisotopic (exact) mass is 570 g/mol. The zero-order valence-corrected chi connectivity index (χ0v) is 23.6. The van der Waals surface area contributed by atoms with Crippen molar-refractivity contribution < 1.29 is 31.8 Å². The molecule has 3 aromatic carbocycles. The Morgan fingerprint density at radius 3 is 1.90 bits per heavy atom. The Morgan fingerprint density at radius 2 is 1.29 bits per heavy atom. The van der Waals surface area contributed by atoms with E-state index in [4.69, 9.17) is 14.2 Å². The summed E-state index contributed by atoms with van der Waals surface area (Å²) in [7, 11) is 0. The smallest absolute Gasteiger partial charge is 0.201 e. The Morgan fingerprint density at radius 1 is 0.732 bits per heavy atom. The minimum atomic E-state index is -1.10. The summed E-state index contributed by atoms with van der Waals surface area (Å²) in [6.45, 7) is 6.28. The predicted molar refractivity (Wildman–Crippen MR) is 154 cm³/mol. The second-order valence-electron chi connectivity index (χ2n) is 10.4. The molecule has 0 spiro atoms. The van der Waals surface area contributed by atoms with Gasteiger partial charge in [0.2, 0.25) is 5.82 Å². The highest BCUT2D eigenvalue weighted by atomic mass is 19.2. The summed E-state index contributed by atoms with van der Waals surface area (Å²) in [6, 6.07) is 12.0. The molecule has 0 atom stereocenters. The van der Waals surface area contributed by atoms with Gasteiger partial charge in [0.1, 0.15) is 6.61 Å². The largest absolute Gasteiger partial charge is 0.486 e. The van der Waals surface area contributed by atoms with Crippen molar-refractivity contribution in [1.82, 2.24) is 0 Å². The molecule has 0 bridgehead atoms. The van der Waals surface area contributed by atoms with Crippen LogP contribution < -0.4 is 4.74 Å². The Balaban J connectivity index is 1.36. The lowest BCUT2D eigenvalue weighted by molar-refractivity contribution is -0.190. The van der Waals surface area contributed by atoms with Crippen LogP contribution in [-0.2, 0) is 9.47 Å². The average molecular weight is 571 g/mol. The molecule has 1 aliphatic rings. The lowest BCUT2D eigenvalue weighted by Crippen LogP contribution is -2.31. The summed E-state index contributed by atoms with van der Waals surface area (Å²) in [5.41, 5.74) is 1.13. The fourth-order valence-electron chi connectivity index (χ4n) is 5.10. The predicted octanol–water partition coefficient (Wildman–Crippen LogP) is 9.74. The highest BCUT2D eigenvalue weighted by Crippen LogP contribution is 2.35. The van der Waals surface area contributed by atoms with Crippen molar-refractivity contribution >= 4 is 0 Å². The number of rotatable bonds is 14. The first-order valence-electron chi connectivity index (χ1n) is 14.5. The molecule has 3 nitrogen and oxygen atoms in total. The Labute approximate surface area is 240 Å². The molecular weight excluding hydrogens is 532 g/mol. The van der Waals surface area contributed by atoms with Gasteiger partial charge in [0.25, 0.3) is 0 Å². The van der Waals surface area contributed by atoms with E-state index in [1.807, 2.05) is 0 Å². The Kier molecular flexibility index (Phi) is 11.4. The van der Waals surface area contributed by atoms with Gasteiger partial charge in [-0.05, 0) is 41.7 Å². The molecule has 0 N–H and O–H groups in total. The summed E-state index contributed by atoms with van der Waals surface area (Å²) in [5.74, 6) is -4.67. The molecule has 41 heavy (non-hydrogen) atoms. The van der Waals surface area contributed by atoms with Crippen LogP contribution in [0.5, 0.6) is 5.75 Å². The van der Waals surface area contributed by atoms with Crippen LogP contribution in [0.15, 0.2) is 61.2 Å². The highest BCUT2D eigenvalue weighted by molar-refractivity contribution is 5.72. The van der Waals surface area contributed by atoms with E-state index in [1.165, 1.54) is 68.5 Å². The van der Waals surface area contributed by atoms with Gasteiger partial charge >= 0.3 is 0 Å². The van der Waals surface area contributed by atoms with Gasteiger partial charge in [0.05, 0.1) is 13.2 Å². The lowest BCUT2D eigenvalue weighted by Gasteiger charge is -2.30. The Hall–Kier alpha value is -3.16. The number of hydrogen-bond donors (Lipinski definition) is 0. The van der Waals surface area contributed by atoms with Crippen molar-refractivity contribution in [1.29, 1.82) is 0 Å². The molecular formula is C34H38F4O3. The van der Waals surface area contributed by atoms with E-state index in [0.29, 0.717) is 11.1 Å². The van der Waals surface area contributed by atoms with Gasteiger partial charge in [0.15, 0.2) is 29.5 Å². The second-order valence-corrected chi connectivity index (χ2v) is 10.4. The van der Waals surface area contributed by atoms with E-state index in [1.54, 1.807) is 18.2 Å². The minimum Gasteiger partial charge on any atom is -0.486 e. The molecule has 0 saturated carbocycles. The van der Waals surface area contributed by atoms with Crippen LogP contribution in [-0.4, -0.2) is 26.1 Å². The molecule has 1 heterocycles. The zero-order chi connectivity index (χ0) is 29.2. The van der Waals surface area contributed by atoms with Crippen molar-refractivity contribution in [3.05, 3.63) is 90.0 Å². The SMILES string of the molecule is C=CCOc1ccc(-c2ccc(-c3ccc(C4COC(CCCCCCCCC)OC4)c(F)c3F)cc2)c(F)c1F. The molecule has 4 rings (SSSR count). The van der Waals surface area contributed by atoms with Gasteiger partial charge in [-0.15, -0.1) is 0 Å². The first-order valence-corrected chi connectivity index (χ1v) is 14.5. The van der Waals surface area contributed by atoms with Crippen LogP contribution >= 0.6 is 0 Å². The van der Waals surface area contributed by atoms with Gasteiger partial charge in [0, 0.05) is 17.0 Å². The van der Waals surface area contributed by atoms with Crippen molar-refractivity contribution in [2.45, 2.75) is 70.5 Å². The van der Waals surface area contributed by atoms with Gasteiger partial charge in [-0.3, -0.25) is 0 Å². The zero-order valence-electron chi connectivity index (χ0n) is 23.6. The van der Waals surface area contributed by atoms with E-state index in [9.17, 15) is 8.78 Å². The van der Waals surface area contributed by atoms with Crippen LogP contribution in [0, 0.1) is 23.3 Å². The Bertz CT molecular complexity index is 1280. The maximum Gasteiger partial charge on any atom is 0.201 e. The standard InChI is InChI=1S/C34H38F4O3/c1-3-5-6-7-8-9-10-11-30-40-21-25(22-41-30)28-17-16-26(31(35)32(28)36)23-12-14-24(15-13-23)27-18-19-29(39-20-4-2)34(38)33(27)37/h4,12-19,25,30H,2-3,5-11,20-22H2,1H3. The molecule has 220 valence electrons. The molecule has 1 aliphatic heterocycles. The molecule has 0 unspecified atom stereocenters. The number of ether oxygens (including phenoxy) is 3. The van der Waals surface area contributed by atoms with Crippen LogP contribution in [0.1, 0.15) is 69.8 Å². The molecule has 0 radical (unpaired) electrons. The summed E-state index contributed by atoms with van der Waals surface area (Å²) < 4.78 is 76.2. The fourth-order valence-corrected chi connectivity index (χ4v) is 5.10. The number of unbranched alkanes of at least 4 members (excludes halogenated alkanes) is 6. The molecule has 7 heteroatoms. The summed E-state index contributed by atoms with van der Waals surface area (Å²) in [5, 5.41) is 0. The van der Waals surface area contributed by atoms with E-state index >= 15 is 8.78 Å². The number of hydrogen-bond acceptors (Lipinski definition) is 3. The topological polar surface area (TPSA) is 27.7 Å². The fraction of sp³-hybridized carbons (Fsp3) is 0.412. The number of benzene rings is 3. The maximum absolute atomic E-state index is 15.2. The third-order valence-corrected chi connectivity index (χ3v) is 7.47. The molecule has 1 saturated heterocycles. The van der Waals surface area contributed by atoms with Crippen molar-refractivity contribution in [2.24, 2.45) is 0 Å². The third kappa shape index (κ3) is 7.77. The van der Waals surface area contributed by atoms with Crippen molar-refractivity contribution in [3.63, 3.8) is 0 Å². The molecule has 1 fully saturated rings. The van der Waals surface area contributed by atoms with Crippen LogP contribution in [0.3, 0.4) is 0 Å². The molecule has 3 aromatic rings. The minimum absolute atomic E-state index is 0.0320. The second kappa shape index (κ2) is 15.2. The van der Waals surface area contributed by atoms with Gasteiger partial charge in [-0.1, -0.05) is 94.5 Å². The first-order chi connectivity index (χ1) is 19.9. The first kappa shape index (κ1) is 30.8. The van der Waals surface area contributed by atoms with Crippen molar-refractivity contribution in [2.75, 3.05) is 19.8 Å². The van der Waals surface area contributed by atoms with E-state index in [-0.39, 0.29) is 48.6 Å². The normalized spacial score (nSPS) is 17.0. The van der Waals surface area contributed by atoms with Crippen LogP contribution in [0.4, 0.5) is 17.6 Å². The summed E-state index contributed by atoms with van der Waals surface area (Å²) >= 11 is 0. The van der Waals surface area contributed by atoms with Crippen LogP contribution in [0.25, 0.3) is 22.3 Å². The van der Waals surface area contributed by atoms with Gasteiger partial charge in [-0.2, -0.15) is 4.39 Å². The van der Waals surface area contributed by atoms with Gasteiger partial charge < -0.3 is 14.2 Å². The molecule has 0 aromatic heterocycles. The molecule has 0 amide bonds. The maximum atomic E-state index is 15.2. The van der Waals surface area contributed by atoms with E-state index in [2.05, 4.69) is 13.5 Å².